The minimum Gasteiger partial charge on any atom is -0.310 e. The average molecular weight is 909 g/mol. The van der Waals surface area contributed by atoms with Gasteiger partial charge in [0.05, 0.1) is 29.0 Å². The van der Waals surface area contributed by atoms with Crippen molar-refractivity contribution in [3.63, 3.8) is 0 Å². The molecule has 6 nitrogen and oxygen atoms in total. The average Bonchev–Trinajstić information content (AvgIpc) is 3.77. The van der Waals surface area contributed by atoms with Crippen LogP contribution in [0.25, 0.3) is 77.4 Å². The zero-order valence-electron chi connectivity index (χ0n) is 38.6. The summed E-state index contributed by atoms with van der Waals surface area (Å²) in [5.41, 5.74) is 16.8. The van der Waals surface area contributed by atoms with Gasteiger partial charge in [-0.2, -0.15) is 0 Å². The van der Waals surface area contributed by atoms with Crippen molar-refractivity contribution in [3.05, 3.63) is 278 Å². The molecular weight excluding hydrogens is 865 g/mol. The Hall–Kier alpha value is -9.83. The van der Waals surface area contributed by atoms with Crippen LogP contribution in [0.5, 0.6) is 0 Å². The number of rotatable bonds is 11. The van der Waals surface area contributed by atoms with Crippen LogP contribution in [0.1, 0.15) is 0 Å². The van der Waals surface area contributed by atoms with Crippen molar-refractivity contribution in [1.29, 1.82) is 0 Å². The number of anilines is 6. The van der Waals surface area contributed by atoms with Gasteiger partial charge in [0, 0.05) is 67.3 Å². The van der Waals surface area contributed by atoms with Gasteiger partial charge in [-0.15, -0.1) is 0 Å². The maximum atomic E-state index is 7.82. The highest BCUT2D eigenvalue weighted by molar-refractivity contribution is 6.12. The minimum atomic E-state index is 0.522. The van der Waals surface area contributed by atoms with E-state index in [1.165, 1.54) is 0 Å². The van der Waals surface area contributed by atoms with Crippen molar-refractivity contribution >= 4 is 61.6 Å². The molecule has 71 heavy (non-hydrogen) atoms. The lowest BCUT2D eigenvalue weighted by Gasteiger charge is -2.26. The van der Waals surface area contributed by atoms with Crippen LogP contribution in [0.2, 0.25) is 0 Å². The van der Waals surface area contributed by atoms with Gasteiger partial charge >= 0.3 is 0 Å². The van der Waals surface area contributed by atoms with Gasteiger partial charge < -0.3 is 14.4 Å². The first-order chi connectivity index (χ1) is 35.2. The van der Waals surface area contributed by atoms with E-state index in [4.69, 9.17) is 16.5 Å². The van der Waals surface area contributed by atoms with E-state index in [0.29, 0.717) is 17.1 Å². The summed E-state index contributed by atoms with van der Waals surface area (Å²) in [5.74, 6) is 0.527. The molecule has 0 atom stereocenters. The summed E-state index contributed by atoms with van der Waals surface area (Å²) in [6.07, 6.45) is 0. The van der Waals surface area contributed by atoms with Crippen LogP contribution >= 0.6 is 0 Å². The highest BCUT2D eigenvalue weighted by Gasteiger charge is 2.21. The minimum absolute atomic E-state index is 0.522. The number of hydrogen-bond donors (Lipinski definition) is 0. The molecule has 2 aromatic heterocycles. The zero-order chi connectivity index (χ0) is 47.5. The third-order valence-electron chi connectivity index (χ3n) is 13.0. The van der Waals surface area contributed by atoms with Gasteiger partial charge in [-0.05, 0) is 114 Å². The van der Waals surface area contributed by atoms with Crippen LogP contribution in [0, 0.1) is 6.57 Å². The quantitative estimate of drug-likeness (QED) is 0.121. The molecule has 0 fully saturated rings. The van der Waals surface area contributed by atoms with E-state index >= 15 is 0 Å². The van der Waals surface area contributed by atoms with Gasteiger partial charge in [0.1, 0.15) is 5.82 Å². The summed E-state index contributed by atoms with van der Waals surface area (Å²) in [7, 11) is 0. The van der Waals surface area contributed by atoms with Crippen LogP contribution < -0.4 is 9.80 Å². The Balaban J connectivity index is 0.953. The molecule has 0 aliphatic carbocycles. The Morgan fingerprint density at radius 2 is 0.718 bits per heavy atom. The van der Waals surface area contributed by atoms with Crippen molar-refractivity contribution in [2.75, 3.05) is 9.80 Å². The highest BCUT2D eigenvalue weighted by Crippen LogP contribution is 2.43. The standard InChI is InChI=1S/C65H44N6/c1-66-60-30-18-17-29-57(60)65-67-61(48-19-7-2-8-20-48)45-62(68-65)49-33-31-46(32-34-49)47-35-37-54(38-36-47)71-63-41-39-55(69(50-21-9-3-10-22-50)51-23-11-4-12-24-51)43-58(63)59-44-56(40-42-64(59)71)70(52-25-13-5-14-26-52)53-27-15-6-16-28-53/h2-45H. The second-order valence-electron chi connectivity index (χ2n) is 17.3. The molecule has 10 aromatic carbocycles. The molecule has 0 radical (unpaired) electrons. The normalized spacial score (nSPS) is 11.1. The molecule has 12 rings (SSSR count). The summed E-state index contributed by atoms with van der Waals surface area (Å²) < 4.78 is 2.39. The van der Waals surface area contributed by atoms with E-state index in [1.54, 1.807) is 0 Å². The lowest BCUT2D eigenvalue weighted by molar-refractivity contribution is 1.18. The fraction of sp³-hybridized carbons (Fsp3) is 0. The molecule has 0 unspecified atom stereocenters. The van der Waals surface area contributed by atoms with Crippen LogP contribution in [0.4, 0.5) is 39.8 Å². The second-order valence-corrected chi connectivity index (χ2v) is 17.3. The van der Waals surface area contributed by atoms with Crippen LogP contribution in [0.15, 0.2) is 267 Å². The first kappa shape index (κ1) is 42.5. The predicted molar refractivity (Wildman–Crippen MR) is 294 cm³/mol. The molecule has 0 saturated heterocycles. The highest BCUT2D eigenvalue weighted by atomic mass is 15.1. The topological polar surface area (TPSA) is 41.6 Å². The first-order valence-electron chi connectivity index (χ1n) is 23.7. The summed E-state index contributed by atoms with van der Waals surface area (Å²) >= 11 is 0. The maximum absolute atomic E-state index is 7.82. The fourth-order valence-electron chi connectivity index (χ4n) is 9.63. The predicted octanol–water partition coefficient (Wildman–Crippen LogP) is 17.7. The molecule has 0 saturated carbocycles. The van der Waals surface area contributed by atoms with Gasteiger partial charge in [0.2, 0.25) is 0 Å². The smallest absolute Gasteiger partial charge is 0.198 e. The Morgan fingerprint density at radius 1 is 0.338 bits per heavy atom. The van der Waals surface area contributed by atoms with E-state index in [2.05, 4.69) is 225 Å². The lowest BCUT2D eigenvalue weighted by Crippen LogP contribution is -2.09. The summed E-state index contributed by atoms with van der Waals surface area (Å²) in [6.45, 7) is 7.82. The van der Waals surface area contributed by atoms with Crippen molar-refractivity contribution in [1.82, 2.24) is 14.5 Å². The summed E-state index contributed by atoms with van der Waals surface area (Å²) in [4.78, 5) is 18.4. The molecule has 0 bridgehead atoms. The van der Waals surface area contributed by atoms with E-state index in [1.807, 2.05) is 60.7 Å². The summed E-state index contributed by atoms with van der Waals surface area (Å²) in [5, 5.41) is 2.30. The van der Waals surface area contributed by atoms with Gasteiger partial charge in [0.25, 0.3) is 0 Å². The number of para-hydroxylation sites is 5. The molecular formula is C65H44N6. The maximum Gasteiger partial charge on any atom is 0.198 e. The van der Waals surface area contributed by atoms with Crippen LogP contribution in [-0.2, 0) is 0 Å². The molecule has 6 heteroatoms. The number of benzene rings is 10. The largest absolute Gasteiger partial charge is 0.310 e. The first-order valence-corrected chi connectivity index (χ1v) is 23.7. The Morgan fingerprint density at radius 3 is 1.17 bits per heavy atom. The molecule has 12 aromatic rings. The van der Waals surface area contributed by atoms with Crippen molar-refractivity contribution < 1.29 is 0 Å². The number of nitrogens with zero attached hydrogens (tertiary/aromatic N) is 6. The SMILES string of the molecule is [C-]#[N+]c1ccccc1-c1nc(-c2ccccc2)cc(-c2ccc(-c3ccc(-n4c5ccc(N(c6ccccc6)c6ccccc6)cc5c5cc(N(c6ccccc6)c6ccccc6)ccc54)cc3)cc2)n1. The third kappa shape index (κ3) is 8.24. The van der Waals surface area contributed by atoms with Gasteiger partial charge in [0.15, 0.2) is 5.69 Å². The van der Waals surface area contributed by atoms with Crippen molar-refractivity contribution in [3.8, 4) is 50.7 Å². The fourth-order valence-corrected chi connectivity index (χ4v) is 9.63. The number of aromatic nitrogens is 3. The monoisotopic (exact) mass is 908 g/mol. The van der Waals surface area contributed by atoms with Gasteiger partial charge in [-0.25, -0.2) is 14.8 Å². The van der Waals surface area contributed by atoms with Crippen molar-refractivity contribution in [2.45, 2.75) is 0 Å². The van der Waals surface area contributed by atoms with Crippen molar-refractivity contribution in [2.24, 2.45) is 0 Å². The molecule has 0 aliphatic heterocycles. The number of hydrogen-bond acceptors (Lipinski definition) is 4. The Kier molecular flexibility index (Phi) is 11.2. The molecule has 0 spiro atoms. The van der Waals surface area contributed by atoms with Gasteiger partial charge in [-0.3, -0.25) is 0 Å². The van der Waals surface area contributed by atoms with E-state index < -0.39 is 0 Å². The van der Waals surface area contributed by atoms with E-state index in [9.17, 15) is 0 Å². The van der Waals surface area contributed by atoms with E-state index in [0.717, 1.165) is 95.3 Å². The lowest BCUT2D eigenvalue weighted by atomic mass is 10.0. The Labute approximate surface area is 413 Å². The molecule has 0 N–H and O–H groups in total. The molecule has 0 amide bonds. The van der Waals surface area contributed by atoms with Gasteiger partial charge in [-0.1, -0.05) is 164 Å². The summed E-state index contributed by atoms with van der Waals surface area (Å²) in [6, 6.07) is 93.1. The van der Waals surface area contributed by atoms with E-state index in [-0.39, 0.29) is 0 Å². The Bertz CT molecular complexity index is 3630. The second kappa shape index (κ2) is 18.7. The number of fused-ring (bicyclic) bond motifs is 3. The molecule has 334 valence electrons. The zero-order valence-corrected chi connectivity index (χ0v) is 38.6. The van der Waals surface area contributed by atoms with Crippen LogP contribution in [-0.4, -0.2) is 14.5 Å². The molecule has 0 aliphatic rings. The third-order valence-corrected chi connectivity index (χ3v) is 13.0. The molecule has 2 heterocycles. The van der Waals surface area contributed by atoms with Crippen LogP contribution in [0.3, 0.4) is 0 Å².